The van der Waals surface area contributed by atoms with Crippen LogP contribution in [-0.4, -0.2) is 48.6 Å². The van der Waals surface area contributed by atoms with Crippen LogP contribution in [0.3, 0.4) is 0 Å². The van der Waals surface area contributed by atoms with Gasteiger partial charge in [0.2, 0.25) is 0 Å². The SMILES string of the molecule is COCC1(F)CN(C(=O)O)C1. The predicted molar refractivity (Wildman–Crippen MR) is 35.3 cm³/mol. The molecule has 5 heteroatoms. The third-order valence-corrected chi connectivity index (χ3v) is 1.62. The minimum Gasteiger partial charge on any atom is -0.465 e. The molecule has 0 saturated carbocycles. The molecule has 0 bridgehead atoms. The average Bonchev–Trinajstić information content (AvgIpc) is 1.82. The van der Waals surface area contributed by atoms with Crippen molar-refractivity contribution in [2.24, 2.45) is 0 Å². The van der Waals surface area contributed by atoms with Crippen molar-refractivity contribution in [1.29, 1.82) is 0 Å². The van der Waals surface area contributed by atoms with Crippen LogP contribution in [0.15, 0.2) is 0 Å². The van der Waals surface area contributed by atoms with Gasteiger partial charge in [0.25, 0.3) is 0 Å². The van der Waals surface area contributed by atoms with E-state index in [0.717, 1.165) is 4.90 Å². The predicted octanol–water partition coefficient (Wildman–Crippen LogP) is 0.335. The molecule has 1 heterocycles. The quantitative estimate of drug-likeness (QED) is 0.638. The molecule has 0 radical (unpaired) electrons. The molecule has 1 aliphatic heterocycles. The highest BCUT2D eigenvalue weighted by Gasteiger charge is 2.45. The van der Waals surface area contributed by atoms with Crippen molar-refractivity contribution in [3.05, 3.63) is 0 Å². The molecule has 0 spiro atoms. The number of carboxylic acid groups (broad SMARTS) is 1. The number of halogens is 1. The minimum absolute atomic E-state index is 0.0310. The molecule has 0 aliphatic carbocycles. The van der Waals surface area contributed by atoms with E-state index in [1.807, 2.05) is 0 Å². The number of alkyl halides is 1. The molecular weight excluding hydrogens is 153 g/mol. The van der Waals surface area contributed by atoms with Gasteiger partial charge in [0.15, 0.2) is 5.67 Å². The van der Waals surface area contributed by atoms with Crippen molar-refractivity contribution < 1.29 is 19.0 Å². The molecule has 4 nitrogen and oxygen atoms in total. The zero-order valence-corrected chi connectivity index (χ0v) is 6.21. The van der Waals surface area contributed by atoms with E-state index in [1.54, 1.807) is 0 Å². The fourth-order valence-corrected chi connectivity index (χ4v) is 1.12. The molecule has 1 N–H and O–H groups in total. The Hall–Kier alpha value is -0.840. The Morgan fingerprint density at radius 1 is 1.82 bits per heavy atom. The van der Waals surface area contributed by atoms with Gasteiger partial charge in [-0.3, -0.25) is 0 Å². The molecular formula is C6H10FNO3. The Morgan fingerprint density at radius 3 is 2.73 bits per heavy atom. The molecule has 1 fully saturated rings. The number of methoxy groups -OCH3 is 1. The van der Waals surface area contributed by atoms with Crippen LogP contribution in [0, 0.1) is 0 Å². The first kappa shape index (κ1) is 8.26. The first-order valence-electron chi connectivity index (χ1n) is 3.23. The second kappa shape index (κ2) is 2.65. The van der Waals surface area contributed by atoms with Gasteiger partial charge in [0, 0.05) is 7.11 Å². The summed E-state index contributed by atoms with van der Waals surface area (Å²) in [5.41, 5.74) is -1.45. The van der Waals surface area contributed by atoms with Crippen LogP contribution in [0.1, 0.15) is 0 Å². The van der Waals surface area contributed by atoms with Crippen LogP contribution in [-0.2, 0) is 4.74 Å². The van der Waals surface area contributed by atoms with Crippen molar-refractivity contribution in [3.63, 3.8) is 0 Å². The molecule has 0 aromatic heterocycles. The van der Waals surface area contributed by atoms with Crippen molar-refractivity contribution in [2.45, 2.75) is 5.67 Å². The highest BCUT2D eigenvalue weighted by molar-refractivity contribution is 5.66. The summed E-state index contributed by atoms with van der Waals surface area (Å²) in [7, 11) is 1.39. The maximum atomic E-state index is 13.1. The van der Waals surface area contributed by atoms with Crippen LogP contribution < -0.4 is 0 Å². The van der Waals surface area contributed by atoms with Crippen molar-refractivity contribution in [1.82, 2.24) is 4.90 Å². The van der Waals surface area contributed by atoms with Gasteiger partial charge in [-0.25, -0.2) is 9.18 Å². The van der Waals surface area contributed by atoms with Gasteiger partial charge in [-0.1, -0.05) is 0 Å². The van der Waals surface area contributed by atoms with Gasteiger partial charge < -0.3 is 14.7 Å². The first-order valence-corrected chi connectivity index (χ1v) is 3.23. The topological polar surface area (TPSA) is 49.8 Å². The number of carbonyl (C=O) groups is 1. The Labute approximate surface area is 63.6 Å². The van der Waals surface area contributed by atoms with Gasteiger partial charge in [-0.2, -0.15) is 0 Å². The van der Waals surface area contributed by atoms with Crippen molar-refractivity contribution in [2.75, 3.05) is 26.8 Å². The number of ether oxygens (including phenoxy) is 1. The summed E-state index contributed by atoms with van der Waals surface area (Å²) in [4.78, 5) is 11.2. The van der Waals surface area contributed by atoms with E-state index in [-0.39, 0.29) is 19.7 Å². The second-order valence-corrected chi connectivity index (χ2v) is 2.72. The lowest BCUT2D eigenvalue weighted by Crippen LogP contribution is -2.62. The lowest BCUT2D eigenvalue weighted by atomic mass is 9.98. The van der Waals surface area contributed by atoms with E-state index in [4.69, 9.17) is 5.11 Å². The largest absolute Gasteiger partial charge is 0.465 e. The summed E-state index contributed by atoms with van der Waals surface area (Å²) in [5.74, 6) is 0. The fraction of sp³-hybridized carbons (Fsp3) is 0.833. The highest BCUT2D eigenvalue weighted by atomic mass is 19.1. The second-order valence-electron chi connectivity index (χ2n) is 2.72. The summed E-state index contributed by atoms with van der Waals surface area (Å²) in [6.45, 7) is -0.177. The maximum Gasteiger partial charge on any atom is 0.407 e. The number of rotatable bonds is 2. The summed E-state index contributed by atoms with van der Waals surface area (Å²) in [6.07, 6.45) is -1.07. The number of hydrogen-bond donors (Lipinski definition) is 1. The third-order valence-electron chi connectivity index (χ3n) is 1.62. The van der Waals surface area contributed by atoms with E-state index in [2.05, 4.69) is 4.74 Å². The van der Waals surface area contributed by atoms with E-state index >= 15 is 0 Å². The Morgan fingerprint density at radius 2 is 2.36 bits per heavy atom. The fourth-order valence-electron chi connectivity index (χ4n) is 1.12. The van der Waals surface area contributed by atoms with Crippen molar-refractivity contribution in [3.8, 4) is 0 Å². The molecule has 1 rings (SSSR count). The number of amides is 1. The molecule has 11 heavy (non-hydrogen) atoms. The van der Waals surface area contributed by atoms with Gasteiger partial charge >= 0.3 is 6.09 Å². The van der Waals surface area contributed by atoms with Crippen LogP contribution in [0.2, 0.25) is 0 Å². The normalized spacial score (nSPS) is 21.1. The smallest absolute Gasteiger partial charge is 0.407 e. The number of likely N-dealkylation sites (tertiary alicyclic amines) is 1. The maximum absolute atomic E-state index is 13.1. The van der Waals surface area contributed by atoms with Crippen LogP contribution in [0.5, 0.6) is 0 Å². The lowest BCUT2D eigenvalue weighted by Gasteiger charge is -2.41. The Kier molecular flexibility index (Phi) is 1.99. The zero-order chi connectivity index (χ0) is 8.48. The van der Waals surface area contributed by atoms with Crippen LogP contribution in [0.25, 0.3) is 0 Å². The molecule has 1 saturated heterocycles. The molecule has 0 aromatic rings. The molecule has 0 atom stereocenters. The van der Waals surface area contributed by atoms with E-state index in [0.29, 0.717) is 0 Å². The molecule has 0 aromatic carbocycles. The monoisotopic (exact) mass is 163 g/mol. The molecule has 1 amide bonds. The Balaban J connectivity index is 2.31. The van der Waals surface area contributed by atoms with Crippen molar-refractivity contribution >= 4 is 6.09 Å². The van der Waals surface area contributed by atoms with Crippen LogP contribution in [0.4, 0.5) is 9.18 Å². The van der Waals surface area contributed by atoms with E-state index in [1.165, 1.54) is 7.11 Å². The lowest BCUT2D eigenvalue weighted by molar-refractivity contribution is -0.0649. The molecule has 0 unspecified atom stereocenters. The zero-order valence-electron chi connectivity index (χ0n) is 6.21. The number of hydrogen-bond acceptors (Lipinski definition) is 2. The van der Waals surface area contributed by atoms with E-state index < -0.39 is 11.8 Å². The van der Waals surface area contributed by atoms with Crippen LogP contribution >= 0.6 is 0 Å². The van der Waals surface area contributed by atoms with Gasteiger partial charge in [0.05, 0.1) is 19.7 Å². The minimum atomic E-state index is -1.45. The number of nitrogens with zero attached hydrogens (tertiary/aromatic N) is 1. The van der Waals surface area contributed by atoms with Gasteiger partial charge in [0.1, 0.15) is 0 Å². The molecule has 64 valence electrons. The first-order chi connectivity index (χ1) is 5.07. The average molecular weight is 163 g/mol. The summed E-state index contributed by atoms with van der Waals surface area (Å²) in [6, 6.07) is 0. The standard InChI is InChI=1S/C6H10FNO3/c1-11-4-6(7)2-8(3-6)5(9)10/h2-4H2,1H3,(H,9,10). The van der Waals surface area contributed by atoms with E-state index in [9.17, 15) is 9.18 Å². The van der Waals surface area contributed by atoms with Gasteiger partial charge in [-0.05, 0) is 0 Å². The Bertz CT molecular complexity index is 167. The third kappa shape index (κ3) is 1.59. The molecule has 1 aliphatic rings. The highest BCUT2D eigenvalue weighted by Crippen LogP contribution is 2.25. The summed E-state index contributed by atoms with van der Waals surface area (Å²) < 4.78 is 17.7. The summed E-state index contributed by atoms with van der Waals surface area (Å²) >= 11 is 0. The summed E-state index contributed by atoms with van der Waals surface area (Å²) in [5, 5.41) is 8.35. The van der Waals surface area contributed by atoms with Gasteiger partial charge in [-0.15, -0.1) is 0 Å².